The van der Waals surface area contributed by atoms with Crippen LogP contribution < -0.4 is 9.62 Å². The fourth-order valence-electron chi connectivity index (χ4n) is 2.01. The van der Waals surface area contributed by atoms with Crippen LogP contribution in [0.4, 0.5) is 5.82 Å². The van der Waals surface area contributed by atoms with Crippen molar-refractivity contribution in [2.75, 3.05) is 31.2 Å². The molecule has 0 spiro atoms. The van der Waals surface area contributed by atoms with Gasteiger partial charge in [-0.25, -0.2) is 23.1 Å². The Morgan fingerprint density at radius 3 is 2.86 bits per heavy atom. The van der Waals surface area contributed by atoms with E-state index in [-0.39, 0.29) is 11.4 Å². The van der Waals surface area contributed by atoms with Crippen LogP contribution in [0.25, 0.3) is 0 Å². The van der Waals surface area contributed by atoms with Crippen LogP contribution in [-0.4, -0.2) is 49.8 Å². The summed E-state index contributed by atoms with van der Waals surface area (Å²) in [6.07, 6.45) is 3.81. The number of hydrogen-bond donors (Lipinski definition) is 1. The second-order valence-corrected chi connectivity index (χ2v) is 6.38. The first-order valence-corrected chi connectivity index (χ1v) is 8.17. The molecule has 3 heterocycles. The lowest BCUT2D eigenvalue weighted by atomic mass is 10.4. The van der Waals surface area contributed by atoms with Gasteiger partial charge in [0.25, 0.3) is 0 Å². The van der Waals surface area contributed by atoms with Crippen LogP contribution in [0.1, 0.15) is 5.82 Å². The van der Waals surface area contributed by atoms with Gasteiger partial charge in [-0.2, -0.15) is 0 Å². The molecule has 10 heteroatoms. The highest BCUT2D eigenvalue weighted by Gasteiger charge is 2.17. The number of aromatic nitrogens is 3. The van der Waals surface area contributed by atoms with Gasteiger partial charge in [0.1, 0.15) is 22.8 Å². The third-order valence-electron chi connectivity index (χ3n) is 3.17. The molecule has 0 bridgehead atoms. The standard InChI is InChI=1S/C12H15N5O4S/c18-22(19,10-7-14-21-9-10)15-8-11-13-2-1-12(16-11)17-3-5-20-6-4-17/h1-2,7,9,15H,3-6,8H2. The number of nitrogens with zero attached hydrogens (tertiary/aromatic N) is 4. The highest BCUT2D eigenvalue weighted by atomic mass is 32.2. The number of anilines is 1. The molecule has 22 heavy (non-hydrogen) atoms. The molecule has 0 amide bonds. The number of rotatable bonds is 5. The molecular weight excluding hydrogens is 310 g/mol. The highest BCUT2D eigenvalue weighted by molar-refractivity contribution is 7.89. The first kappa shape index (κ1) is 14.9. The Hall–Kier alpha value is -2.04. The Bertz CT molecular complexity index is 713. The van der Waals surface area contributed by atoms with Crippen LogP contribution >= 0.6 is 0 Å². The van der Waals surface area contributed by atoms with Crippen molar-refractivity contribution < 1.29 is 17.7 Å². The summed E-state index contributed by atoms with van der Waals surface area (Å²) in [6, 6.07) is 1.79. The zero-order valence-corrected chi connectivity index (χ0v) is 12.5. The lowest BCUT2D eigenvalue weighted by Crippen LogP contribution is -2.37. The molecule has 0 aromatic carbocycles. The van der Waals surface area contributed by atoms with Crippen molar-refractivity contribution in [3.63, 3.8) is 0 Å². The Kier molecular flexibility index (Phi) is 4.32. The van der Waals surface area contributed by atoms with E-state index < -0.39 is 10.0 Å². The second-order valence-electron chi connectivity index (χ2n) is 4.62. The van der Waals surface area contributed by atoms with Crippen molar-refractivity contribution in [1.29, 1.82) is 0 Å². The SMILES string of the molecule is O=S(=O)(NCc1nccc(N2CCOCC2)n1)c1cnoc1. The lowest BCUT2D eigenvalue weighted by molar-refractivity contribution is 0.122. The minimum Gasteiger partial charge on any atom is -0.378 e. The number of morpholine rings is 1. The molecule has 1 N–H and O–H groups in total. The van der Waals surface area contributed by atoms with Crippen molar-refractivity contribution in [2.45, 2.75) is 11.4 Å². The van der Waals surface area contributed by atoms with E-state index in [1.54, 1.807) is 12.3 Å². The van der Waals surface area contributed by atoms with Gasteiger partial charge in [0.05, 0.1) is 26.0 Å². The Labute approximate surface area is 127 Å². The van der Waals surface area contributed by atoms with E-state index in [1.165, 1.54) is 0 Å². The summed E-state index contributed by atoms with van der Waals surface area (Å²) in [6.45, 7) is 2.80. The zero-order chi connectivity index (χ0) is 15.4. The molecule has 9 nitrogen and oxygen atoms in total. The average molecular weight is 325 g/mol. The van der Waals surface area contributed by atoms with Gasteiger partial charge in [0.2, 0.25) is 10.0 Å². The molecule has 1 saturated heterocycles. The largest absolute Gasteiger partial charge is 0.378 e. The smallest absolute Gasteiger partial charge is 0.245 e. The highest BCUT2D eigenvalue weighted by Crippen LogP contribution is 2.12. The molecule has 3 rings (SSSR count). The van der Waals surface area contributed by atoms with Crippen molar-refractivity contribution >= 4 is 15.8 Å². The van der Waals surface area contributed by atoms with Gasteiger partial charge < -0.3 is 14.2 Å². The van der Waals surface area contributed by atoms with Gasteiger partial charge in [-0.1, -0.05) is 5.16 Å². The summed E-state index contributed by atoms with van der Waals surface area (Å²) < 4.78 is 36.2. The maximum absolute atomic E-state index is 12.0. The molecule has 0 aliphatic carbocycles. The maximum Gasteiger partial charge on any atom is 0.245 e. The molecule has 1 fully saturated rings. The van der Waals surface area contributed by atoms with Crippen LogP contribution in [0.15, 0.2) is 34.1 Å². The topological polar surface area (TPSA) is 110 Å². The number of hydrogen-bond acceptors (Lipinski definition) is 8. The number of sulfonamides is 1. The Balaban J connectivity index is 1.68. The van der Waals surface area contributed by atoms with Crippen molar-refractivity contribution in [3.8, 4) is 0 Å². The third kappa shape index (κ3) is 3.40. The first-order chi connectivity index (χ1) is 10.6. The van der Waals surface area contributed by atoms with Crippen LogP contribution in [0.3, 0.4) is 0 Å². The first-order valence-electron chi connectivity index (χ1n) is 6.69. The van der Waals surface area contributed by atoms with E-state index in [1.807, 2.05) is 0 Å². The maximum atomic E-state index is 12.0. The van der Waals surface area contributed by atoms with Gasteiger partial charge in [-0.15, -0.1) is 0 Å². The van der Waals surface area contributed by atoms with Crippen LogP contribution in [0.5, 0.6) is 0 Å². The molecule has 2 aromatic rings. The van der Waals surface area contributed by atoms with E-state index in [0.717, 1.165) is 31.4 Å². The molecule has 118 valence electrons. The molecule has 1 aliphatic rings. The molecule has 0 radical (unpaired) electrons. The fourth-order valence-corrected chi connectivity index (χ4v) is 2.85. The zero-order valence-electron chi connectivity index (χ0n) is 11.7. The van der Waals surface area contributed by atoms with E-state index >= 15 is 0 Å². The Morgan fingerprint density at radius 2 is 2.14 bits per heavy atom. The van der Waals surface area contributed by atoms with E-state index in [2.05, 4.69) is 29.3 Å². The molecule has 2 aromatic heterocycles. The van der Waals surface area contributed by atoms with Gasteiger partial charge >= 0.3 is 0 Å². The summed E-state index contributed by atoms with van der Waals surface area (Å²) in [5.74, 6) is 1.15. The van der Waals surface area contributed by atoms with E-state index in [0.29, 0.717) is 19.0 Å². The fraction of sp³-hybridized carbons (Fsp3) is 0.417. The van der Waals surface area contributed by atoms with Crippen molar-refractivity contribution in [2.24, 2.45) is 0 Å². The van der Waals surface area contributed by atoms with Crippen LogP contribution in [0.2, 0.25) is 0 Å². The van der Waals surface area contributed by atoms with Crippen molar-refractivity contribution in [3.05, 3.63) is 30.5 Å². The second kappa shape index (κ2) is 6.38. The molecule has 0 atom stereocenters. The summed E-state index contributed by atoms with van der Waals surface area (Å²) >= 11 is 0. The molecular formula is C12H15N5O4S. The third-order valence-corrected chi connectivity index (χ3v) is 4.51. The van der Waals surface area contributed by atoms with Crippen molar-refractivity contribution in [1.82, 2.24) is 19.8 Å². The summed E-state index contributed by atoms with van der Waals surface area (Å²) in [5, 5.41) is 3.37. The van der Waals surface area contributed by atoms with E-state index in [9.17, 15) is 8.42 Å². The summed E-state index contributed by atoms with van der Waals surface area (Å²) in [5.41, 5.74) is 0. The number of nitrogens with one attached hydrogen (secondary N) is 1. The van der Waals surface area contributed by atoms with Gasteiger partial charge in [0, 0.05) is 19.3 Å². The monoisotopic (exact) mass is 325 g/mol. The minimum atomic E-state index is -3.67. The predicted molar refractivity (Wildman–Crippen MR) is 75.6 cm³/mol. The molecule has 0 saturated carbocycles. The normalized spacial score (nSPS) is 15.9. The van der Waals surface area contributed by atoms with Crippen LogP contribution in [0, 0.1) is 0 Å². The van der Waals surface area contributed by atoms with Gasteiger partial charge in [-0.05, 0) is 6.07 Å². The minimum absolute atomic E-state index is 0.00824. The van der Waals surface area contributed by atoms with Crippen LogP contribution in [-0.2, 0) is 21.3 Å². The average Bonchev–Trinajstić information content (AvgIpc) is 3.10. The lowest BCUT2D eigenvalue weighted by Gasteiger charge is -2.27. The predicted octanol–water partition coefficient (Wildman–Crippen LogP) is -0.220. The van der Waals surface area contributed by atoms with Gasteiger partial charge in [-0.3, -0.25) is 0 Å². The van der Waals surface area contributed by atoms with E-state index in [4.69, 9.17) is 4.74 Å². The quantitative estimate of drug-likeness (QED) is 0.803. The molecule has 0 unspecified atom stereocenters. The summed E-state index contributed by atoms with van der Waals surface area (Å²) in [7, 11) is -3.67. The molecule has 1 aliphatic heterocycles. The Morgan fingerprint density at radius 1 is 1.32 bits per heavy atom. The number of ether oxygens (including phenoxy) is 1. The van der Waals surface area contributed by atoms with Gasteiger partial charge in [0.15, 0.2) is 0 Å². The summed E-state index contributed by atoms with van der Waals surface area (Å²) in [4.78, 5) is 10.5.